The van der Waals surface area contributed by atoms with Crippen molar-refractivity contribution >= 4 is 19.7 Å². The van der Waals surface area contributed by atoms with Gasteiger partial charge in [-0.05, 0) is 24.2 Å². The Balaban J connectivity index is 2.58. The fourth-order valence-corrected chi connectivity index (χ4v) is 2.38. The number of ether oxygens (including phenoxy) is 2. The van der Waals surface area contributed by atoms with Gasteiger partial charge in [0.15, 0.2) is 0 Å². The topological polar surface area (TPSA) is 18.5 Å². The van der Waals surface area contributed by atoms with Crippen molar-refractivity contribution in [1.82, 2.24) is 0 Å². The molecule has 0 aliphatic rings. The van der Waals surface area contributed by atoms with Gasteiger partial charge in [-0.2, -0.15) is 8.78 Å². The van der Waals surface area contributed by atoms with Crippen LogP contribution in [0.3, 0.4) is 0 Å². The van der Waals surface area contributed by atoms with Gasteiger partial charge >= 0.3 is 6.61 Å². The van der Waals surface area contributed by atoms with E-state index in [0.717, 1.165) is 6.04 Å². The molecule has 0 saturated carbocycles. The average molecular weight is 309 g/mol. The van der Waals surface area contributed by atoms with Gasteiger partial charge in [0.25, 0.3) is 0 Å². The highest BCUT2D eigenvalue weighted by atomic mass is 35.5. The van der Waals surface area contributed by atoms with Crippen molar-refractivity contribution in [3.05, 3.63) is 28.8 Å². The molecule has 0 spiro atoms. The van der Waals surface area contributed by atoms with Crippen LogP contribution in [0.4, 0.5) is 8.78 Å². The Bertz CT molecular complexity index is 408. The van der Waals surface area contributed by atoms with Gasteiger partial charge in [0.2, 0.25) is 0 Å². The monoisotopic (exact) mass is 308 g/mol. The fourth-order valence-electron chi connectivity index (χ4n) is 1.43. The van der Waals surface area contributed by atoms with Crippen LogP contribution >= 0.6 is 11.6 Å². The lowest BCUT2D eigenvalue weighted by Gasteiger charge is -2.16. The Kier molecular flexibility index (Phi) is 6.23. The summed E-state index contributed by atoms with van der Waals surface area (Å²) >= 11 is 5.85. The molecule has 6 heteroatoms. The lowest BCUT2D eigenvalue weighted by molar-refractivity contribution is -0.0513. The number of rotatable bonds is 7. The quantitative estimate of drug-likeness (QED) is 0.532. The molecule has 0 saturated heterocycles. The molecule has 1 rings (SSSR count). The molecule has 0 fully saturated rings. The molecular formula is C13H19ClF2O2Si. The van der Waals surface area contributed by atoms with E-state index >= 15 is 0 Å². The number of benzene rings is 1. The Morgan fingerprint density at radius 3 is 2.53 bits per heavy atom. The van der Waals surface area contributed by atoms with E-state index in [2.05, 4.69) is 24.4 Å². The number of alkyl halides is 2. The molecule has 1 aromatic carbocycles. The fraction of sp³-hybridized carbons (Fsp3) is 0.538. The van der Waals surface area contributed by atoms with Crippen LogP contribution in [-0.4, -0.2) is 21.3 Å². The third-order valence-corrected chi connectivity index (χ3v) is 4.43. The zero-order chi connectivity index (χ0) is 14.5. The summed E-state index contributed by atoms with van der Waals surface area (Å²) in [5.41, 5.74) is 0.545. The molecule has 0 aliphatic carbocycles. The maximum atomic E-state index is 12.3. The van der Waals surface area contributed by atoms with Crippen LogP contribution < -0.4 is 4.74 Å². The minimum atomic E-state index is -2.85. The standard InChI is InChI=1S/C13H19ClF2O2Si/c1-19(2,3)7-6-17-9-10-8-11(14)4-5-12(10)18-13(15)16/h4-5,8,13H,6-7,9H2,1-3H3. The third kappa shape index (κ3) is 6.89. The van der Waals surface area contributed by atoms with Gasteiger partial charge in [-0.15, -0.1) is 0 Å². The summed E-state index contributed by atoms with van der Waals surface area (Å²) in [6, 6.07) is 5.57. The SMILES string of the molecule is C[Si](C)(C)CCOCc1cc(Cl)ccc1OC(F)F. The maximum Gasteiger partial charge on any atom is 0.387 e. The Hall–Kier alpha value is -0.653. The zero-order valence-electron chi connectivity index (χ0n) is 11.4. The van der Waals surface area contributed by atoms with Crippen LogP contribution in [0.1, 0.15) is 5.56 Å². The van der Waals surface area contributed by atoms with Gasteiger partial charge in [0, 0.05) is 25.3 Å². The van der Waals surface area contributed by atoms with E-state index in [9.17, 15) is 8.78 Å². The van der Waals surface area contributed by atoms with Crippen molar-refractivity contribution in [2.45, 2.75) is 38.9 Å². The smallest absolute Gasteiger partial charge is 0.387 e. The van der Waals surface area contributed by atoms with Crippen molar-refractivity contribution in [2.75, 3.05) is 6.61 Å². The first kappa shape index (κ1) is 16.4. The molecule has 19 heavy (non-hydrogen) atoms. The summed E-state index contributed by atoms with van der Waals surface area (Å²) in [5.74, 6) is 0.118. The minimum Gasteiger partial charge on any atom is -0.434 e. The van der Waals surface area contributed by atoms with Crippen LogP contribution in [0.15, 0.2) is 18.2 Å². The van der Waals surface area contributed by atoms with E-state index in [1.165, 1.54) is 12.1 Å². The molecule has 0 unspecified atom stereocenters. The Labute approximate surface area is 118 Å². The molecular weight excluding hydrogens is 290 g/mol. The molecule has 0 atom stereocenters. The van der Waals surface area contributed by atoms with E-state index in [-0.39, 0.29) is 12.4 Å². The van der Waals surface area contributed by atoms with Crippen molar-refractivity contribution in [2.24, 2.45) is 0 Å². The lowest BCUT2D eigenvalue weighted by atomic mass is 10.2. The van der Waals surface area contributed by atoms with Crippen LogP contribution in [0, 0.1) is 0 Å². The van der Waals surface area contributed by atoms with Crippen LogP contribution in [0.5, 0.6) is 5.75 Å². The van der Waals surface area contributed by atoms with Crippen molar-refractivity contribution in [3.8, 4) is 5.75 Å². The highest BCUT2D eigenvalue weighted by molar-refractivity contribution is 6.76. The van der Waals surface area contributed by atoms with E-state index in [1.54, 1.807) is 6.07 Å². The molecule has 1 aromatic rings. The molecule has 0 aromatic heterocycles. The van der Waals surface area contributed by atoms with Crippen molar-refractivity contribution in [1.29, 1.82) is 0 Å². The summed E-state index contributed by atoms with van der Waals surface area (Å²) in [4.78, 5) is 0. The largest absolute Gasteiger partial charge is 0.434 e. The van der Waals surface area contributed by atoms with Gasteiger partial charge in [0.1, 0.15) is 5.75 Å². The highest BCUT2D eigenvalue weighted by Gasteiger charge is 2.13. The zero-order valence-corrected chi connectivity index (χ0v) is 13.1. The van der Waals surface area contributed by atoms with Gasteiger partial charge in [-0.1, -0.05) is 31.2 Å². The number of hydrogen-bond acceptors (Lipinski definition) is 2. The van der Waals surface area contributed by atoms with Gasteiger partial charge in [-0.3, -0.25) is 0 Å². The summed E-state index contributed by atoms with van der Waals surface area (Å²) in [7, 11) is -1.15. The Morgan fingerprint density at radius 2 is 1.95 bits per heavy atom. The first-order valence-electron chi connectivity index (χ1n) is 6.09. The first-order valence-corrected chi connectivity index (χ1v) is 10.2. The molecule has 0 aliphatic heterocycles. The number of halogens is 3. The summed E-state index contributed by atoms with van der Waals surface area (Å²) < 4.78 is 34.5. The predicted molar refractivity (Wildman–Crippen MR) is 75.9 cm³/mol. The second-order valence-corrected chi connectivity index (χ2v) is 11.6. The molecule has 2 nitrogen and oxygen atoms in total. The van der Waals surface area contributed by atoms with Crippen LogP contribution in [0.25, 0.3) is 0 Å². The van der Waals surface area contributed by atoms with E-state index in [0.29, 0.717) is 17.2 Å². The maximum absolute atomic E-state index is 12.3. The molecule has 0 radical (unpaired) electrons. The van der Waals surface area contributed by atoms with Crippen LogP contribution in [-0.2, 0) is 11.3 Å². The van der Waals surface area contributed by atoms with Gasteiger partial charge < -0.3 is 9.47 Å². The van der Waals surface area contributed by atoms with Gasteiger partial charge in [0.05, 0.1) is 6.61 Å². The molecule has 0 bridgehead atoms. The molecule has 0 N–H and O–H groups in total. The van der Waals surface area contributed by atoms with E-state index < -0.39 is 14.7 Å². The summed E-state index contributed by atoms with van der Waals surface area (Å²) in [6.45, 7) is 4.76. The van der Waals surface area contributed by atoms with Crippen molar-refractivity contribution < 1.29 is 18.3 Å². The Morgan fingerprint density at radius 1 is 1.26 bits per heavy atom. The highest BCUT2D eigenvalue weighted by Crippen LogP contribution is 2.25. The summed E-state index contributed by atoms with van der Waals surface area (Å²) in [5, 5.41) is 0.477. The second kappa shape index (κ2) is 7.22. The minimum absolute atomic E-state index is 0.118. The molecule has 0 amide bonds. The lowest BCUT2D eigenvalue weighted by Crippen LogP contribution is -2.21. The molecule has 0 heterocycles. The molecule has 108 valence electrons. The van der Waals surface area contributed by atoms with Crippen molar-refractivity contribution in [3.63, 3.8) is 0 Å². The number of hydrogen-bond donors (Lipinski definition) is 0. The first-order chi connectivity index (χ1) is 8.78. The third-order valence-electron chi connectivity index (χ3n) is 2.49. The predicted octanol–water partition coefficient (Wildman–Crippen LogP) is 4.80. The van der Waals surface area contributed by atoms with E-state index in [4.69, 9.17) is 16.3 Å². The van der Waals surface area contributed by atoms with E-state index in [1.807, 2.05) is 0 Å². The van der Waals surface area contributed by atoms with Crippen LogP contribution in [0.2, 0.25) is 30.7 Å². The average Bonchev–Trinajstić information content (AvgIpc) is 2.26. The second-order valence-electron chi connectivity index (χ2n) is 5.49. The van der Waals surface area contributed by atoms with Gasteiger partial charge in [-0.25, -0.2) is 0 Å². The summed E-state index contributed by atoms with van der Waals surface area (Å²) in [6.07, 6.45) is 0. The normalized spacial score (nSPS) is 11.9.